The largest absolute Gasteiger partial charge is 0.494 e. The van der Waals surface area contributed by atoms with E-state index in [1.54, 1.807) is 24.3 Å². The number of ether oxygens (including phenoxy) is 1. The fraction of sp³-hybridized carbons (Fsp3) is 0.267. The molecule has 1 N–H and O–H groups in total. The molecule has 0 bridgehead atoms. The van der Waals surface area contributed by atoms with Crippen LogP contribution in [0.5, 0.6) is 5.75 Å². The summed E-state index contributed by atoms with van der Waals surface area (Å²) in [6.45, 7) is 6.61. The summed E-state index contributed by atoms with van der Waals surface area (Å²) in [6, 6.07) is 23.8. The van der Waals surface area contributed by atoms with Gasteiger partial charge in [0.05, 0.1) is 18.4 Å². The number of hydrogen-bond donors (Lipinski definition) is 1. The van der Waals surface area contributed by atoms with Crippen molar-refractivity contribution in [3.8, 4) is 5.75 Å². The summed E-state index contributed by atoms with van der Waals surface area (Å²) < 4.78 is 5.44. The van der Waals surface area contributed by atoms with Gasteiger partial charge in [-0.2, -0.15) is 10.1 Å². The van der Waals surface area contributed by atoms with Crippen molar-refractivity contribution < 1.29 is 14.3 Å². The third kappa shape index (κ3) is 5.81. The minimum Gasteiger partial charge on any atom is -0.494 e. The number of rotatable bonds is 7. The number of thioether (sulfide) groups is 1. The number of hydrazone groups is 1. The molecule has 0 aliphatic carbocycles. The van der Waals surface area contributed by atoms with Crippen LogP contribution < -0.4 is 10.1 Å². The fourth-order valence-corrected chi connectivity index (χ4v) is 5.50. The van der Waals surface area contributed by atoms with Crippen molar-refractivity contribution in [3.05, 3.63) is 95.1 Å². The molecule has 2 amide bonds. The average molecular weight is 527 g/mol. The van der Waals surface area contributed by atoms with Gasteiger partial charge in [-0.25, -0.2) is 5.01 Å². The van der Waals surface area contributed by atoms with E-state index < -0.39 is 5.25 Å². The van der Waals surface area contributed by atoms with Crippen LogP contribution in [0.25, 0.3) is 0 Å². The molecule has 2 atom stereocenters. The Hall–Kier alpha value is -3.91. The molecular weight excluding hydrogens is 496 g/mol. The van der Waals surface area contributed by atoms with Crippen LogP contribution in [-0.2, 0) is 9.59 Å². The third-order valence-electron chi connectivity index (χ3n) is 6.50. The zero-order valence-corrected chi connectivity index (χ0v) is 22.5. The maximum Gasteiger partial charge on any atom is 0.262 e. The molecule has 0 saturated heterocycles. The normalized spacial score (nSPS) is 18.8. The van der Waals surface area contributed by atoms with Crippen LogP contribution in [0, 0.1) is 13.8 Å². The molecule has 2 aliphatic rings. The summed E-state index contributed by atoms with van der Waals surface area (Å²) in [7, 11) is 0. The lowest BCUT2D eigenvalue weighted by atomic mass is 9.97. The highest BCUT2D eigenvalue weighted by atomic mass is 32.2. The molecule has 0 radical (unpaired) electrons. The molecule has 3 aromatic rings. The smallest absolute Gasteiger partial charge is 0.262 e. The second kappa shape index (κ2) is 11.2. The Morgan fingerprint density at radius 1 is 1.00 bits per heavy atom. The van der Waals surface area contributed by atoms with Crippen molar-refractivity contribution in [2.45, 2.75) is 44.9 Å². The van der Waals surface area contributed by atoms with Crippen LogP contribution in [0.1, 0.15) is 48.1 Å². The van der Waals surface area contributed by atoms with E-state index in [2.05, 4.69) is 72.7 Å². The maximum atomic E-state index is 12.8. The van der Waals surface area contributed by atoms with E-state index >= 15 is 0 Å². The Kier molecular flexibility index (Phi) is 7.60. The van der Waals surface area contributed by atoms with Crippen molar-refractivity contribution in [2.24, 2.45) is 10.1 Å². The van der Waals surface area contributed by atoms with Crippen molar-refractivity contribution in [1.82, 2.24) is 5.01 Å². The SMILES string of the molecule is CCOc1ccc(NC(=O)C[C@@H]2SC(N3N=C(c4ccc(C)cc4)C[C@@H]3c3ccc(C)cc3)=NC2=O)cc1. The van der Waals surface area contributed by atoms with Crippen LogP contribution in [0.3, 0.4) is 0 Å². The second-order valence-corrected chi connectivity index (χ2v) is 10.6. The molecule has 0 spiro atoms. The van der Waals surface area contributed by atoms with Gasteiger partial charge in [-0.15, -0.1) is 0 Å². The lowest BCUT2D eigenvalue weighted by molar-refractivity contribution is -0.121. The summed E-state index contributed by atoms with van der Waals surface area (Å²) in [5, 5.41) is 9.58. The van der Waals surface area contributed by atoms with E-state index in [4.69, 9.17) is 9.84 Å². The van der Waals surface area contributed by atoms with Crippen LogP contribution in [0.2, 0.25) is 0 Å². The number of aryl methyl sites for hydroxylation is 2. The highest BCUT2D eigenvalue weighted by Gasteiger charge is 2.39. The van der Waals surface area contributed by atoms with E-state index in [0.29, 0.717) is 23.9 Å². The molecule has 0 fully saturated rings. The number of carbonyl (C=O) groups is 2. The van der Waals surface area contributed by atoms with Crippen molar-refractivity contribution in [2.75, 3.05) is 11.9 Å². The molecular formula is C30H30N4O3S. The first-order chi connectivity index (χ1) is 18.4. The van der Waals surface area contributed by atoms with Crippen LogP contribution >= 0.6 is 11.8 Å². The van der Waals surface area contributed by atoms with E-state index in [-0.39, 0.29) is 24.3 Å². The molecule has 8 heteroatoms. The maximum absolute atomic E-state index is 12.8. The first-order valence-corrected chi connectivity index (χ1v) is 13.6. The van der Waals surface area contributed by atoms with Gasteiger partial charge in [0, 0.05) is 18.5 Å². The molecule has 3 aromatic carbocycles. The Bertz CT molecular complexity index is 1380. The molecule has 7 nitrogen and oxygen atoms in total. The summed E-state index contributed by atoms with van der Waals surface area (Å²) in [5.74, 6) is 0.190. The van der Waals surface area contributed by atoms with Gasteiger partial charge in [-0.1, -0.05) is 71.4 Å². The number of carbonyl (C=O) groups excluding carboxylic acids is 2. The number of hydrogen-bond acceptors (Lipinski definition) is 6. The van der Waals surface area contributed by atoms with Crippen LogP contribution in [0.15, 0.2) is 82.9 Å². The number of anilines is 1. The van der Waals surface area contributed by atoms with Gasteiger partial charge in [0.1, 0.15) is 11.0 Å². The number of aliphatic imine (C=N–C) groups is 1. The zero-order chi connectivity index (χ0) is 26.6. The van der Waals surface area contributed by atoms with E-state index in [1.165, 1.54) is 22.9 Å². The summed E-state index contributed by atoms with van der Waals surface area (Å²) in [5.41, 5.74) is 6.13. The second-order valence-electron chi connectivity index (χ2n) is 9.44. The first kappa shape index (κ1) is 25.7. The molecule has 2 heterocycles. The number of nitrogens with one attached hydrogen (secondary N) is 1. The number of nitrogens with zero attached hydrogens (tertiary/aromatic N) is 3. The quantitative estimate of drug-likeness (QED) is 0.416. The Morgan fingerprint density at radius 2 is 1.66 bits per heavy atom. The van der Waals surface area contributed by atoms with Gasteiger partial charge in [-0.05, 0) is 56.2 Å². The minimum absolute atomic E-state index is 0.0291. The highest BCUT2D eigenvalue weighted by molar-refractivity contribution is 8.15. The number of amides is 2. The molecule has 0 aromatic heterocycles. The molecule has 0 saturated carbocycles. The van der Waals surface area contributed by atoms with Gasteiger partial charge in [0.2, 0.25) is 5.91 Å². The lowest BCUT2D eigenvalue weighted by Gasteiger charge is -2.23. The predicted octanol–water partition coefficient (Wildman–Crippen LogP) is 5.88. The van der Waals surface area contributed by atoms with Gasteiger partial charge >= 0.3 is 0 Å². The van der Waals surface area contributed by atoms with E-state index in [1.807, 2.05) is 11.9 Å². The van der Waals surface area contributed by atoms with Gasteiger partial charge in [-0.3, -0.25) is 9.59 Å². The Balaban J connectivity index is 1.31. The summed E-state index contributed by atoms with van der Waals surface area (Å²) in [4.78, 5) is 29.9. The fourth-order valence-electron chi connectivity index (χ4n) is 4.44. The number of benzene rings is 3. The molecule has 2 aliphatic heterocycles. The van der Waals surface area contributed by atoms with Crippen LogP contribution in [-0.4, -0.2) is 39.6 Å². The lowest BCUT2D eigenvalue weighted by Crippen LogP contribution is -2.25. The Morgan fingerprint density at radius 3 is 2.32 bits per heavy atom. The molecule has 0 unspecified atom stereocenters. The van der Waals surface area contributed by atoms with Crippen molar-refractivity contribution in [3.63, 3.8) is 0 Å². The predicted molar refractivity (Wildman–Crippen MR) is 153 cm³/mol. The molecule has 38 heavy (non-hydrogen) atoms. The minimum atomic E-state index is -0.593. The monoisotopic (exact) mass is 526 g/mol. The van der Waals surface area contributed by atoms with Crippen LogP contribution in [0.4, 0.5) is 5.69 Å². The van der Waals surface area contributed by atoms with Crippen molar-refractivity contribution in [1.29, 1.82) is 0 Å². The average Bonchev–Trinajstić information content (AvgIpc) is 3.50. The Labute approximate surface area is 227 Å². The van der Waals surface area contributed by atoms with Crippen molar-refractivity contribution >= 4 is 40.1 Å². The summed E-state index contributed by atoms with van der Waals surface area (Å²) >= 11 is 1.30. The van der Waals surface area contributed by atoms with E-state index in [9.17, 15) is 9.59 Å². The topological polar surface area (TPSA) is 83.4 Å². The highest BCUT2D eigenvalue weighted by Crippen LogP contribution is 2.38. The number of amidine groups is 1. The third-order valence-corrected chi connectivity index (χ3v) is 7.64. The van der Waals surface area contributed by atoms with Gasteiger partial charge in [0.15, 0.2) is 5.17 Å². The van der Waals surface area contributed by atoms with Gasteiger partial charge in [0.25, 0.3) is 5.91 Å². The summed E-state index contributed by atoms with van der Waals surface area (Å²) in [6.07, 6.45) is 0.726. The molecule has 194 valence electrons. The first-order valence-electron chi connectivity index (χ1n) is 12.7. The van der Waals surface area contributed by atoms with Gasteiger partial charge < -0.3 is 10.1 Å². The molecule has 5 rings (SSSR count). The standard InChI is InChI=1S/C30H30N4O3S/c1-4-37-24-15-13-23(14-16-24)31-28(35)18-27-29(36)32-30(38-27)34-26(22-11-7-20(3)8-12-22)17-25(33-34)21-9-5-19(2)6-10-21/h5-16,26-27H,4,17-18H2,1-3H3,(H,31,35)/t26-,27+/m1/s1. The zero-order valence-electron chi connectivity index (χ0n) is 21.7. The van der Waals surface area contributed by atoms with E-state index in [0.717, 1.165) is 22.6 Å².